The molecule has 0 aliphatic carbocycles. The van der Waals surface area contributed by atoms with Gasteiger partial charge in [-0.15, -0.1) is 0 Å². The molecule has 0 bridgehead atoms. The third-order valence-electron chi connectivity index (χ3n) is 3.15. The Labute approximate surface area is 106 Å². The van der Waals surface area contributed by atoms with Gasteiger partial charge >= 0.3 is 6.03 Å². The molecule has 3 amide bonds. The average Bonchev–Trinajstić information content (AvgIpc) is 2.62. The van der Waals surface area contributed by atoms with Crippen LogP contribution in [-0.2, 0) is 4.79 Å². The molecule has 1 aromatic rings. The SMILES string of the molecule is CNC(CN1C(=O)CN(C)C1=O)c1ccccc1. The van der Waals surface area contributed by atoms with Gasteiger partial charge in [-0.1, -0.05) is 30.3 Å². The van der Waals surface area contributed by atoms with Crippen LogP contribution in [0, 0.1) is 0 Å². The van der Waals surface area contributed by atoms with Crippen LogP contribution in [0.3, 0.4) is 0 Å². The normalized spacial score (nSPS) is 17.4. The highest BCUT2D eigenvalue weighted by atomic mass is 16.2. The number of urea groups is 1. The molecule has 1 N–H and O–H groups in total. The number of benzene rings is 1. The maximum Gasteiger partial charge on any atom is 0.327 e. The van der Waals surface area contributed by atoms with Gasteiger partial charge in [0.25, 0.3) is 0 Å². The molecular weight excluding hydrogens is 230 g/mol. The molecule has 1 unspecified atom stereocenters. The molecular formula is C13H17N3O2. The number of likely N-dealkylation sites (N-methyl/N-ethyl adjacent to an activating group) is 2. The van der Waals surface area contributed by atoms with E-state index < -0.39 is 0 Å². The number of nitrogens with zero attached hydrogens (tertiary/aromatic N) is 2. The second-order valence-corrected chi connectivity index (χ2v) is 4.39. The summed E-state index contributed by atoms with van der Waals surface area (Å²) in [5, 5.41) is 3.14. The highest BCUT2D eigenvalue weighted by Crippen LogP contribution is 2.17. The molecule has 5 nitrogen and oxygen atoms in total. The molecule has 2 rings (SSSR count). The van der Waals surface area contributed by atoms with Gasteiger partial charge in [-0.2, -0.15) is 0 Å². The van der Waals surface area contributed by atoms with E-state index in [2.05, 4.69) is 5.32 Å². The zero-order valence-corrected chi connectivity index (χ0v) is 10.6. The van der Waals surface area contributed by atoms with Crippen LogP contribution in [0.1, 0.15) is 11.6 Å². The van der Waals surface area contributed by atoms with Crippen molar-refractivity contribution in [3.8, 4) is 0 Å². The first-order chi connectivity index (χ1) is 8.63. The molecule has 1 atom stereocenters. The Balaban J connectivity index is 2.12. The molecule has 1 aliphatic heterocycles. The quantitative estimate of drug-likeness (QED) is 0.802. The van der Waals surface area contributed by atoms with E-state index in [9.17, 15) is 9.59 Å². The smallest absolute Gasteiger partial charge is 0.318 e. The molecule has 1 saturated heterocycles. The summed E-state index contributed by atoms with van der Waals surface area (Å²) in [6.45, 7) is 0.534. The molecule has 1 fully saturated rings. The highest BCUT2D eigenvalue weighted by molar-refractivity contribution is 6.01. The first-order valence-corrected chi connectivity index (χ1v) is 5.91. The summed E-state index contributed by atoms with van der Waals surface area (Å²) in [5.41, 5.74) is 1.06. The van der Waals surface area contributed by atoms with Crippen LogP contribution < -0.4 is 5.32 Å². The lowest BCUT2D eigenvalue weighted by Crippen LogP contribution is -2.38. The number of amides is 3. The third-order valence-corrected chi connectivity index (χ3v) is 3.15. The minimum Gasteiger partial charge on any atom is -0.318 e. The number of rotatable bonds is 4. The fraction of sp³-hybridized carbons (Fsp3) is 0.385. The van der Waals surface area contributed by atoms with Gasteiger partial charge in [-0.25, -0.2) is 4.79 Å². The molecule has 0 aromatic heterocycles. The van der Waals surface area contributed by atoms with Crippen molar-refractivity contribution in [2.45, 2.75) is 6.04 Å². The van der Waals surface area contributed by atoms with Crippen LogP contribution in [0.25, 0.3) is 0 Å². The fourth-order valence-corrected chi connectivity index (χ4v) is 2.08. The Bertz CT molecular complexity index is 447. The largest absolute Gasteiger partial charge is 0.327 e. The van der Waals surface area contributed by atoms with Crippen LogP contribution in [0.2, 0.25) is 0 Å². The third kappa shape index (κ3) is 2.36. The zero-order chi connectivity index (χ0) is 13.1. The van der Waals surface area contributed by atoms with E-state index in [0.29, 0.717) is 6.54 Å². The predicted octanol–water partition coefficient (Wildman–Crippen LogP) is 0.841. The Hall–Kier alpha value is -1.88. The van der Waals surface area contributed by atoms with Gasteiger partial charge in [-0.05, 0) is 12.6 Å². The first kappa shape index (κ1) is 12.6. The van der Waals surface area contributed by atoms with Gasteiger partial charge < -0.3 is 10.2 Å². The van der Waals surface area contributed by atoms with Gasteiger partial charge in [0.2, 0.25) is 5.91 Å². The summed E-state index contributed by atoms with van der Waals surface area (Å²) in [5.74, 6) is -0.140. The van der Waals surface area contributed by atoms with Crippen molar-refractivity contribution < 1.29 is 9.59 Å². The predicted molar refractivity (Wildman–Crippen MR) is 68.0 cm³/mol. The number of hydrogen-bond donors (Lipinski definition) is 1. The molecule has 1 heterocycles. The van der Waals surface area contributed by atoms with E-state index in [1.54, 1.807) is 7.05 Å². The van der Waals surface area contributed by atoms with E-state index in [4.69, 9.17) is 0 Å². The van der Waals surface area contributed by atoms with E-state index in [1.165, 1.54) is 9.80 Å². The van der Waals surface area contributed by atoms with Crippen LogP contribution in [0.5, 0.6) is 0 Å². The lowest BCUT2D eigenvalue weighted by molar-refractivity contribution is -0.125. The summed E-state index contributed by atoms with van der Waals surface area (Å²) in [4.78, 5) is 26.2. The van der Waals surface area contributed by atoms with Crippen LogP contribution in [0.4, 0.5) is 4.79 Å². The maximum absolute atomic E-state index is 11.8. The van der Waals surface area contributed by atoms with Crippen molar-refractivity contribution >= 4 is 11.9 Å². The van der Waals surface area contributed by atoms with Crippen LogP contribution >= 0.6 is 0 Å². The van der Waals surface area contributed by atoms with Crippen molar-refractivity contribution in [3.05, 3.63) is 35.9 Å². The minimum atomic E-state index is -0.226. The van der Waals surface area contributed by atoms with E-state index in [1.807, 2.05) is 37.4 Å². The molecule has 5 heteroatoms. The molecule has 0 saturated carbocycles. The van der Waals surface area contributed by atoms with E-state index >= 15 is 0 Å². The van der Waals surface area contributed by atoms with Gasteiger partial charge in [0.15, 0.2) is 0 Å². The molecule has 0 radical (unpaired) electrons. The molecule has 0 spiro atoms. The van der Waals surface area contributed by atoms with Gasteiger partial charge in [0.1, 0.15) is 6.54 Å². The number of nitrogens with one attached hydrogen (secondary N) is 1. The van der Waals surface area contributed by atoms with Gasteiger partial charge in [0.05, 0.1) is 6.04 Å². The van der Waals surface area contributed by atoms with Crippen molar-refractivity contribution in [3.63, 3.8) is 0 Å². The average molecular weight is 247 g/mol. The zero-order valence-electron chi connectivity index (χ0n) is 10.6. The lowest BCUT2D eigenvalue weighted by atomic mass is 10.1. The Kier molecular flexibility index (Phi) is 3.62. The number of imide groups is 1. The van der Waals surface area contributed by atoms with E-state index in [0.717, 1.165) is 5.56 Å². The van der Waals surface area contributed by atoms with Crippen LogP contribution in [0.15, 0.2) is 30.3 Å². The monoisotopic (exact) mass is 247 g/mol. The summed E-state index contributed by atoms with van der Waals surface area (Å²) in [6.07, 6.45) is 0. The second kappa shape index (κ2) is 5.18. The Morgan fingerprint density at radius 3 is 2.44 bits per heavy atom. The standard InChI is InChI=1S/C13H17N3O2/c1-14-11(10-6-4-3-5-7-10)8-16-12(17)9-15(2)13(16)18/h3-7,11,14H,8-9H2,1-2H3. The molecule has 1 aliphatic rings. The highest BCUT2D eigenvalue weighted by Gasteiger charge is 2.34. The molecule has 96 valence electrons. The van der Waals surface area contributed by atoms with Crippen molar-refractivity contribution in [1.82, 2.24) is 15.1 Å². The summed E-state index contributed by atoms with van der Waals surface area (Å²) >= 11 is 0. The first-order valence-electron chi connectivity index (χ1n) is 5.91. The number of carbonyl (C=O) groups excluding carboxylic acids is 2. The van der Waals surface area contributed by atoms with Crippen molar-refractivity contribution in [2.75, 3.05) is 27.2 Å². The topological polar surface area (TPSA) is 52.7 Å². The Morgan fingerprint density at radius 1 is 1.28 bits per heavy atom. The Morgan fingerprint density at radius 2 is 1.94 bits per heavy atom. The summed E-state index contributed by atoms with van der Waals surface area (Å²) < 4.78 is 0. The summed E-state index contributed by atoms with van der Waals surface area (Å²) in [6, 6.07) is 9.53. The summed E-state index contributed by atoms with van der Waals surface area (Å²) in [7, 11) is 3.46. The van der Waals surface area contributed by atoms with Gasteiger partial charge in [-0.3, -0.25) is 9.69 Å². The van der Waals surface area contributed by atoms with Crippen LogP contribution in [-0.4, -0.2) is 48.9 Å². The molecule has 1 aromatic carbocycles. The number of hydrogen-bond acceptors (Lipinski definition) is 3. The fourth-order valence-electron chi connectivity index (χ4n) is 2.08. The van der Waals surface area contributed by atoms with E-state index in [-0.39, 0.29) is 24.5 Å². The lowest BCUT2D eigenvalue weighted by Gasteiger charge is -2.22. The van der Waals surface area contributed by atoms with Crippen molar-refractivity contribution in [1.29, 1.82) is 0 Å². The minimum absolute atomic E-state index is 0.0365. The number of carbonyl (C=O) groups is 2. The molecule has 18 heavy (non-hydrogen) atoms. The van der Waals surface area contributed by atoms with Gasteiger partial charge in [0, 0.05) is 13.6 Å². The maximum atomic E-state index is 11.8. The second-order valence-electron chi connectivity index (χ2n) is 4.39. The van der Waals surface area contributed by atoms with Crippen molar-refractivity contribution in [2.24, 2.45) is 0 Å².